The molecule has 114 valence electrons. The van der Waals surface area contributed by atoms with Crippen LogP contribution in [0, 0.1) is 23.7 Å². The molecule has 0 amide bonds. The van der Waals surface area contributed by atoms with Crippen molar-refractivity contribution in [3.05, 3.63) is 42.2 Å². The number of hydrogen-bond acceptors (Lipinski definition) is 3. The number of aromatic nitrogens is 1. The smallest absolute Gasteiger partial charge is 0.187 e. The average molecular weight is 312 g/mol. The van der Waals surface area contributed by atoms with E-state index < -0.39 is 0 Å². The number of nitrogens with one attached hydrogen (secondary N) is 2. The fourth-order valence-electron chi connectivity index (χ4n) is 4.52. The highest BCUT2D eigenvalue weighted by Gasteiger charge is 2.52. The molecule has 2 fully saturated rings. The molecule has 1 aromatic heterocycles. The third-order valence-corrected chi connectivity index (χ3v) is 5.59. The lowest BCUT2D eigenvalue weighted by Gasteiger charge is -2.32. The number of allylic oxidation sites excluding steroid dienone is 2. The second-order valence-corrected chi connectivity index (χ2v) is 6.91. The molecule has 3 aliphatic carbocycles. The Bertz CT molecular complexity index is 612. The van der Waals surface area contributed by atoms with Crippen LogP contribution in [0.5, 0.6) is 0 Å². The number of pyridine rings is 1. The van der Waals surface area contributed by atoms with Gasteiger partial charge in [0.05, 0.1) is 11.9 Å². The summed E-state index contributed by atoms with van der Waals surface area (Å²) in [6.45, 7) is 0. The summed E-state index contributed by atoms with van der Waals surface area (Å²) in [5, 5.41) is 8.23. The van der Waals surface area contributed by atoms with Gasteiger partial charge in [-0.15, -0.1) is 0 Å². The van der Waals surface area contributed by atoms with Gasteiger partial charge in [0.1, 0.15) is 0 Å². The van der Waals surface area contributed by atoms with Crippen LogP contribution in [-0.2, 0) is 0 Å². The first kappa shape index (κ1) is 13.9. The van der Waals surface area contributed by atoms with E-state index in [2.05, 4.69) is 33.0 Å². The van der Waals surface area contributed by atoms with Crippen molar-refractivity contribution in [1.29, 1.82) is 0 Å². The molecule has 0 aromatic carbocycles. The molecule has 5 atom stereocenters. The third-order valence-electron chi connectivity index (χ3n) is 5.38. The molecule has 2 saturated carbocycles. The lowest BCUT2D eigenvalue weighted by atomic mass is 9.79. The number of fused-ring (bicyclic) bond motifs is 5. The van der Waals surface area contributed by atoms with E-state index in [1.807, 2.05) is 18.2 Å². The third kappa shape index (κ3) is 2.54. The first-order valence-corrected chi connectivity index (χ1v) is 8.39. The minimum absolute atomic E-state index is 0.499. The van der Waals surface area contributed by atoms with E-state index in [-0.39, 0.29) is 0 Å². The van der Waals surface area contributed by atoms with E-state index in [1.165, 1.54) is 19.3 Å². The minimum atomic E-state index is 0.499. The number of rotatable bonds is 3. The van der Waals surface area contributed by atoms with Gasteiger partial charge < -0.3 is 5.32 Å². The Morgan fingerprint density at radius 2 is 2.27 bits per heavy atom. The molecule has 0 unspecified atom stereocenters. The van der Waals surface area contributed by atoms with Crippen molar-refractivity contribution in [3.8, 4) is 0 Å². The normalized spacial score (nSPS) is 35.0. The van der Waals surface area contributed by atoms with Gasteiger partial charge in [-0.1, -0.05) is 18.2 Å². The molecule has 0 saturated heterocycles. The largest absolute Gasteiger partial charge is 0.358 e. The van der Waals surface area contributed by atoms with Crippen molar-refractivity contribution < 1.29 is 0 Å². The van der Waals surface area contributed by atoms with Gasteiger partial charge in [0, 0.05) is 12.2 Å². The molecule has 5 heteroatoms. The molecule has 0 radical (unpaired) electrons. The topological polar surface area (TPSA) is 49.3 Å². The molecule has 4 nitrogen and oxygen atoms in total. The molecule has 1 aromatic rings. The van der Waals surface area contributed by atoms with Crippen LogP contribution in [0.1, 0.15) is 25.0 Å². The number of nitrogens with zero attached hydrogens (tertiary/aromatic N) is 2. The van der Waals surface area contributed by atoms with Crippen LogP contribution in [0.3, 0.4) is 0 Å². The molecule has 4 rings (SSSR count). The number of thiocarbonyl (C=S) groups is 1. The van der Waals surface area contributed by atoms with Gasteiger partial charge in [-0.25, -0.2) is 0 Å². The standard InChI is InChI=1S/C17H20N4S/c22-17(21-19-10-12-4-1-2-7-18-12)20-16-9-11-8-15(16)14-6-3-5-13(11)14/h1-4,6-7,10-11,13-16H,5,8-9H2,(H2,20,21,22)/b19-10-/t11-,13-,14-,15-,16-/m0/s1. The Kier molecular flexibility index (Phi) is 3.66. The van der Waals surface area contributed by atoms with Crippen LogP contribution < -0.4 is 10.7 Å². The Labute approximate surface area is 136 Å². The predicted molar refractivity (Wildman–Crippen MR) is 91.4 cm³/mol. The molecular formula is C17H20N4S. The first-order valence-electron chi connectivity index (χ1n) is 7.98. The Balaban J connectivity index is 1.30. The van der Waals surface area contributed by atoms with Crippen molar-refractivity contribution in [2.45, 2.75) is 25.3 Å². The lowest BCUT2D eigenvalue weighted by Crippen LogP contribution is -2.45. The summed E-state index contributed by atoms with van der Waals surface area (Å²) in [4.78, 5) is 4.19. The summed E-state index contributed by atoms with van der Waals surface area (Å²) in [6, 6.07) is 6.23. The molecule has 0 aliphatic heterocycles. The lowest BCUT2D eigenvalue weighted by molar-refractivity contribution is 0.246. The van der Waals surface area contributed by atoms with E-state index in [0.29, 0.717) is 11.2 Å². The van der Waals surface area contributed by atoms with Crippen LogP contribution in [-0.4, -0.2) is 22.4 Å². The average Bonchev–Trinajstić information content (AvgIpc) is 3.20. The summed E-state index contributed by atoms with van der Waals surface area (Å²) < 4.78 is 0. The predicted octanol–water partition coefficient (Wildman–Crippen LogP) is 2.48. The fraction of sp³-hybridized carbons (Fsp3) is 0.471. The fourth-order valence-corrected chi connectivity index (χ4v) is 4.73. The van der Waals surface area contributed by atoms with Crippen molar-refractivity contribution in [3.63, 3.8) is 0 Å². The van der Waals surface area contributed by atoms with Gasteiger partial charge in [-0.3, -0.25) is 10.4 Å². The molecule has 2 N–H and O–H groups in total. The van der Waals surface area contributed by atoms with Crippen LogP contribution in [0.2, 0.25) is 0 Å². The summed E-state index contributed by atoms with van der Waals surface area (Å²) in [6.07, 6.45) is 12.1. The second-order valence-electron chi connectivity index (χ2n) is 6.50. The van der Waals surface area contributed by atoms with Crippen LogP contribution >= 0.6 is 12.2 Å². The van der Waals surface area contributed by atoms with Gasteiger partial charge in [-0.05, 0) is 67.3 Å². The highest BCUT2D eigenvalue weighted by molar-refractivity contribution is 7.80. The summed E-state index contributed by atoms with van der Waals surface area (Å²) in [7, 11) is 0. The molecule has 22 heavy (non-hydrogen) atoms. The quantitative estimate of drug-likeness (QED) is 0.390. The highest BCUT2D eigenvalue weighted by atomic mass is 32.1. The zero-order chi connectivity index (χ0) is 14.9. The highest BCUT2D eigenvalue weighted by Crippen LogP contribution is 2.56. The Hall–Kier alpha value is -1.75. The maximum absolute atomic E-state index is 5.37. The van der Waals surface area contributed by atoms with E-state index >= 15 is 0 Å². The van der Waals surface area contributed by atoms with E-state index in [9.17, 15) is 0 Å². The molecular weight excluding hydrogens is 292 g/mol. The minimum Gasteiger partial charge on any atom is -0.358 e. The van der Waals surface area contributed by atoms with Crippen LogP contribution in [0.25, 0.3) is 0 Å². The van der Waals surface area contributed by atoms with Crippen molar-refractivity contribution in [2.24, 2.45) is 28.8 Å². The SMILES string of the molecule is S=C(N/N=C\c1ccccn1)N[C@H]1C[C@@H]2C[C@H]1[C@H]1C=CC[C@@H]21. The van der Waals surface area contributed by atoms with E-state index in [0.717, 1.165) is 29.4 Å². The molecule has 2 bridgehead atoms. The van der Waals surface area contributed by atoms with Crippen molar-refractivity contribution in [2.75, 3.05) is 0 Å². The first-order chi connectivity index (χ1) is 10.8. The van der Waals surface area contributed by atoms with Crippen LogP contribution in [0.15, 0.2) is 41.6 Å². The second kappa shape index (κ2) is 5.80. The molecule has 0 spiro atoms. The monoisotopic (exact) mass is 312 g/mol. The van der Waals surface area contributed by atoms with Crippen molar-refractivity contribution >= 4 is 23.5 Å². The summed E-state index contributed by atoms with van der Waals surface area (Å²) in [5.74, 6) is 3.30. The van der Waals surface area contributed by atoms with E-state index in [4.69, 9.17) is 12.2 Å². The molecule has 1 heterocycles. The molecule has 3 aliphatic rings. The maximum Gasteiger partial charge on any atom is 0.187 e. The van der Waals surface area contributed by atoms with Gasteiger partial charge in [0.2, 0.25) is 0 Å². The summed E-state index contributed by atoms with van der Waals surface area (Å²) in [5.41, 5.74) is 3.73. The van der Waals surface area contributed by atoms with E-state index in [1.54, 1.807) is 12.4 Å². The van der Waals surface area contributed by atoms with Gasteiger partial charge in [-0.2, -0.15) is 5.10 Å². The zero-order valence-corrected chi connectivity index (χ0v) is 13.2. The van der Waals surface area contributed by atoms with Gasteiger partial charge >= 0.3 is 0 Å². The Morgan fingerprint density at radius 3 is 3.14 bits per heavy atom. The van der Waals surface area contributed by atoms with Gasteiger partial charge in [0.15, 0.2) is 5.11 Å². The summed E-state index contributed by atoms with van der Waals surface area (Å²) >= 11 is 5.37. The zero-order valence-electron chi connectivity index (χ0n) is 12.4. The maximum atomic E-state index is 5.37. The van der Waals surface area contributed by atoms with Crippen LogP contribution in [0.4, 0.5) is 0 Å². The number of hydrazone groups is 1. The number of hydrogen-bond donors (Lipinski definition) is 2. The van der Waals surface area contributed by atoms with Gasteiger partial charge in [0.25, 0.3) is 0 Å². The van der Waals surface area contributed by atoms with Crippen molar-refractivity contribution in [1.82, 2.24) is 15.7 Å². The Morgan fingerprint density at radius 1 is 1.32 bits per heavy atom.